The van der Waals surface area contributed by atoms with Gasteiger partial charge in [-0.1, -0.05) is 78.6 Å². The SMILES string of the molecule is C[Si](C)(C)CCOCn1cnc(Br)c1C1CC1.C[Si](C)(C)CCOCn1cnc(C2CC2)c1.C[Si](C)(C)CCOCn1cnc(C2CC2)c1Br.C[Si](C)(C)CCOCn1cncc1C1CC1. The van der Waals surface area contributed by atoms with E-state index in [-0.39, 0.29) is 0 Å². The van der Waals surface area contributed by atoms with Gasteiger partial charge in [-0.2, -0.15) is 0 Å². The van der Waals surface area contributed by atoms with E-state index in [2.05, 4.69) is 155 Å². The number of halogens is 2. The summed E-state index contributed by atoms with van der Waals surface area (Å²) in [5.74, 6) is 2.88. The second kappa shape index (κ2) is 25.6. The average molecular weight is 1110 g/mol. The van der Waals surface area contributed by atoms with Crippen molar-refractivity contribution >= 4 is 64.2 Å². The van der Waals surface area contributed by atoms with E-state index in [1.807, 2.05) is 31.5 Å². The predicted octanol–water partition coefficient (Wildman–Crippen LogP) is 13.8. The van der Waals surface area contributed by atoms with E-state index >= 15 is 0 Å². The van der Waals surface area contributed by atoms with Gasteiger partial charge in [0.2, 0.25) is 0 Å². The van der Waals surface area contributed by atoms with Gasteiger partial charge < -0.3 is 37.2 Å². The van der Waals surface area contributed by atoms with Gasteiger partial charge in [-0.3, -0.25) is 0 Å². The van der Waals surface area contributed by atoms with Crippen LogP contribution in [0, 0.1) is 0 Å². The molecule has 4 heterocycles. The first-order chi connectivity index (χ1) is 31.1. The molecule has 0 N–H and O–H groups in total. The lowest BCUT2D eigenvalue weighted by atomic mass is 10.3. The fourth-order valence-corrected chi connectivity index (χ4v) is 11.0. The maximum atomic E-state index is 5.76. The smallest absolute Gasteiger partial charge is 0.127 e. The molecule has 66 heavy (non-hydrogen) atoms. The highest BCUT2D eigenvalue weighted by atomic mass is 79.9. The van der Waals surface area contributed by atoms with Crippen molar-refractivity contribution in [3.05, 3.63) is 69.7 Å². The van der Waals surface area contributed by atoms with Crippen LogP contribution in [-0.2, 0) is 45.9 Å². The van der Waals surface area contributed by atoms with E-state index in [9.17, 15) is 0 Å². The Labute approximate surface area is 419 Å². The van der Waals surface area contributed by atoms with Gasteiger partial charge in [0, 0.05) is 100 Å². The topological polar surface area (TPSA) is 108 Å². The molecule has 12 nitrogen and oxygen atoms in total. The molecule has 0 saturated heterocycles. The average Bonchev–Trinajstić information content (AvgIpc) is 4.05. The first-order valence-electron chi connectivity index (χ1n) is 24.8. The Morgan fingerprint density at radius 1 is 0.500 bits per heavy atom. The Morgan fingerprint density at radius 2 is 0.955 bits per heavy atom. The summed E-state index contributed by atoms with van der Waals surface area (Å²) < 4.78 is 33.4. The molecule has 0 amide bonds. The number of imidazole rings is 4. The molecule has 0 atom stereocenters. The summed E-state index contributed by atoms with van der Waals surface area (Å²) in [4.78, 5) is 17.4. The lowest BCUT2D eigenvalue weighted by Gasteiger charge is -2.16. The summed E-state index contributed by atoms with van der Waals surface area (Å²) >= 11 is 7.13. The minimum absolute atomic E-state index is 0.616. The lowest BCUT2D eigenvalue weighted by molar-refractivity contribution is 0.0851. The van der Waals surface area contributed by atoms with Crippen molar-refractivity contribution < 1.29 is 18.9 Å². The number of rotatable bonds is 24. The highest BCUT2D eigenvalue weighted by Gasteiger charge is 2.31. The third-order valence-corrected chi connectivity index (χ3v) is 20.2. The Kier molecular flexibility index (Phi) is 21.5. The molecule has 0 radical (unpaired) electrons. The molecule has 0 aliphatic heterocycles. The monoisotopic (exact) mass is 1110 g/mol. The minimum Gasteiger partial charge on any atom is -0.361 e. The number of hydrogen-bond acceptors (Lipinski definition) is 8. The molecule has 18 heteroatoms. The van der Waals surface area contributed by atoms with Gasteiger partial charge in [0.25, 0.3) is 0 Å². The van der Waals surface area contributed by atoms with Gasteiger partial charge in [0.1, 0.15) is 36.1 Å². The third-order valence-electron chi connectivity index (χ3n) is 11.9. The molecule has 4 saturated carbocycles. The van der Waals surface area contributed by atoms with Crippen LogP contribution in [0.4, 0.5) is 0 Å². The summed E-state index contributed by atoms with van der Waals surface area (Å²) in [5, 5.41) is 0. The van der Waals surface area contributed by atoms with Crippen molar-refractivity contribution in [2.45, 2.75) is 205 Å². The minimum atomic E-state index is -0.973. The van der Waals surface area contributed by atoms with Crippen LogP contribution in [0.2, 0.25) is 103 Å². The largest absolute Gasteiger partial charge is 0.361 e. The maximum absolute atomic E-state index is 5.76. The first kappa shape index (κ1) is 55.4. The van der Waals surface area contributed by atoms with E-state index in [4.69, 9.17) is 18.9 Å². The van der Waals surface area contributed by atoms with Crippen LogP contribution < -0.4 is 0 Å². The van der Waals surface area contributed by atoms with E-state index in [0.717, 1.165) is 47.5 Å². The van der Waals surface area contributed by atoms with Gasteiger partial charge in [0.15, 0.2) is 0 Å². The molecule has 0 spiro atoms. The van der Waals surface area contributed by atoms with Crippen molar-refractivity contribution in [2.24, 2.45) is 0 Å². The van der Waals surface area contributed by atoms with Crippen molar-refractivity contribution in [1.82, 2.24) is 38.2 Å². The molecule has 4 aromatic heterocycles. The summed E-state index contributed by atoms with van der Waals surface area (Å²) in [6, 6.07) is 4.91. The zero-order valence-corrected chi connectivity index (χ0v) is 50.1. The van der Waals surface area contributed by atoms with Gasteiger partial charge >= 0.3 is 0 Å². The van der Waals surface area contributed by atoms with Gasteiger partial charge in [-0.05, 0) is 107 Å². The summed E-state index contributed by atoms with van der Waals surface area (Å²) in [6.07, 6.45) is 22.1. The molecular formula is C48H86Br2N8O4Si4. The highest BCUT2D eigenvalue weighted by Crippen LogP contribution is 2.44. The molecule has 4 fully saturated rings. The van der Waals surface area contributed by atoms with Crippen LogP contribution in [0.15, 0.2) is 46.9 Å². The highest BCUT2D eigenvalue weighted by molar-refractivity contribution is 9.10. The Balaban J connectivity index is 0.000000165. The number of nitrogens with zero attached hydrogens (tertiary/aromatic N) is 8. The van der Waals surface area contributed by atoms with Gasteiger partial charge in [-0.25, -0.2) is 19.9 Å². The van der Waals surface area contributed by atoms with E-state index < -0.39 is 32.3 Å². The second-order valence-corrected chi connectivity index (χ2v) is 47.9. The lowest BCUT2D eigenvalue weighted by Crippen LogP contribution is -2.22. The van der Waals surface area contributed by atoms with Gasteiger partial charge in [-0.15, -0.1) is 0 Å². The van der Waals surface area contributed by atoms with Crippen molar-refractivity contribution in [3.63, 3.8) is 0 Å². The van der Waals surface area contributed by atoms with Crippen LogP contribution in [0.5, 0.6) is 0 Å². The number of aromatic nitrogens is 8. The molecular weight excluding hydrogens is 1020 g/mol. The van der Waals surface area contributed by atoms with Gasteiger partial charge in [0.05, 0.1) is 42.4 Å². The van der Waals surface area contributed by atoms with E-state index in [0.29, 0.717) is 38.8 Å². The summed E-state index contributed by atoms with van der Waals surface area (Å²) in [6.45, 7) is 34.6. The molecule has 0 unspecified atom stereocenters. The summed E-state index contributed by atoms with van der Waals surface area (Å²) in [7, 11) is -3.85. The van der Waals surface area contributed by atoms with Crippen LogP contribution in [0.1, 0.15) is 97.8 Å². The Morgan fingerprint density at radius 3 is 1.44 bits per heavy atom. The summed E-state index contributed by atoms with van der Waals surface area (Å²) in [5.41, 5.74) is 5.12. The van der Waals surface area contributed by atoms with Crippen LogP contribution in [0.3, 0.4) is 0 Å². The molecule has 4 aliphatic carbocycles. The Hall–Kier alpha value is -1.49. The Bertz CT molecular complexity index is 2010. The van der Waals surface area contributed by atoms with Crippen LogP contribution in [-0.4, -0.2) is 96.9 Å². The van der Waals surface area contributed by atoms with Crippen molar-refractivity contribution in [1.29, 1.82) is 0 Å². The number of hydrogen-bond donors (Lipinski definition) is 0. The van der Waals surface area contributed by atoms with E-state index in [1.54, 1.807) is 0 Å². The standard InChI is InChI=1S/2C12H21BrN2OSi.2C12H22N2OSi/c1-17(2,3)7-6-16-9-15-8-14-12(13)11(15)10-4-5-10;1-17(2,3)7-6-16-9-15-8-14-11(12(15)13)10-4-5-10;1-16(2,3)7-6-15-10-14-8-12(13-9-14)11-4-5-11;1-16(2,3)7-6-15-10-14-9-13-8-12(14)11-4-5-11/h2*8,10H,4-7,9H2,1-3H3;2*8-9,11H,4-7,10H2,1-3H3. The maximum Gasteiger partial charge on any atom is 0.127 e. The first-order valence-corrected chi connectivity index (χ1v) is 41.2. The molecule has 4 aliphatic rings. The molecule has 0 bridgehead atoms. The molecule has 8 rings (SSSR count). The van der Waals surface area contributed by atoms with E-state index in [1.165, 1.54) is 98.3 Å². The van der Waals surface area contributed by atoms with Crippen molar-refractivity contribution in [3.8, 4) is 0 Å². The number of ether oxygens (including phenoxy) is 4. The van der Waals surface area contributed by atoms with Crippen molar-refractivity contribution in [2.75, 3.05) is 26.4 Å². The zero-order chi connectivity index (χ0) is 48.1. The third kappa shape index (κ3) is 22.1. The zero-order valence-electron chi connectivity index (χ0n) is 42.9. The van der Waals surface area contributed by atoms with Crippen LogP contribution >= 0.6 is 31.9 Å². The molecule has 4 aromatic rings. The molecule has 0 aromatic carbocycles. The normalized spacial score (nSPS) is 16.6. The van der Waals surface area contributed by atoms with Crippen LogP contribution in [0.25, 0.3) is 0 Å². The fraction of sp³-hybridized carbons (Fsp3) is 0.750. The second-order valence-electron chi connectivity index (χ2n) is 23.9. The quantitative estimate of drug-likeness (QED) is 0.0504. The molecule has 372 valence electrons. The fourth-order valence-electron chi connectivity index (χ4n) is 6.70. The predicted molar refractivity (Wildman–Crippen MR) is 289 cm³/mol.